The minimum absolute atomic E-state index is 0.283. The van der Waals surface area contributed by atoms with Crippen LogP contribution < -0.4 is 15.8 Å². The summed E-state index contributed by atoms with van der Waals surface area (Å²) in [7, 11) is 0. The van der Waals surface area contributed by atoms with E-state index in [0.29, 0.717) is 5.56 Å². The Morgan fingerprint density at radius 1 is 1.12 bits per heavy atom. The quantitative estimate of drug-likeness (QED) is 0.682. The van der Waals surface area contributed by atoms with Crippen molar-refractivity contribution in [3.63, 3.8) is 0 Å². The van der Waals surface area contributed by atoms with Crippen LogP contribution in [0, 0.1) is 0 Å². The third kappa shape index (κ3) is 3.34. The largest absolute Gasteiger partial charge is 0.490 e. The molecule has 3 aromatic rings. The number of imidazole rings is 1. The third-order valence-corrected chi connectivity index (χ3v) is 4.48. The molecule has 128 valence electrons. The van der Waals surface area contributed by atoms with Crippen molar-refractivity contribution in [1.82, 2.24) is 15.3 Å². The number of benzene rings is 2. The molecule has 25 heavy (non-hydrogen) atoms. The van der Waals surface area contributed by atoms with E-state index in [1.165, 1.54) is 0 Å². The molecule has 1 fully saturated rings. The van der Waals surface area contributed by atoms with Gasteiger partial charge >= 0.3 is 0 Å². The Balaban J connectivity index is 1.55. The molecule has 1 saturated heterocycles. The summed E-state index contributed by atoms with van der Waals surface area (Å²) in [5.41, 5.74) is 8.34. The Bertz CT molecular complexity index is 895. The van der Waals surface area contributed by atoms with Gasteiger partial charge in [-0.2, -0.15) is 0 Å². The Hall–Kier alpha value is -2.86. The first-order chi connectivity index (χ1) is 12.2. The van der Waals surface area contributed by atoms with Crippen LogP contribution in [0.3, 0.4) is 0 Å². The first-order valence-electron chi connectivity index (χ1n) is 8.46. The molecule has 0 bridgehead atoms. The van der Waals surface area contributed by atoms with Gasteiger partial charge in [-0.15, -0.1) is 0 Å². The van der Waals surface area contributed by atoms with Gasteiger partial charge in [-0.1, -0.05) is 0 Å². The lowest BCUT2D eigenvalue weighted by molar-refractivity contribution is 0.100. The van der Waals surface area contributed by atoms with Gasteiger partial charge in [0.1, 0.15) is 17.7 Å². The zero-order valence-electron chi connectivity index (χ0n) is 13.8. The molecule has 1 aliphatic rings. The highest BCUT2D eigenvalue weighted by molar-refractivity contribution is 5.96. The van der Waals surface area contributed by atoms with E-state index in [9.17, 15) is 4.79 Å². The normalized spacial score (nSPS) is 15.4. The number of rotatable bonds is 4. The van der Waals surface area contributed by atoms with E-state index in [1.54, 1.807) is 12.1 Å². The van der Waals surface area contributed by atoms with Gasteiger partial charge < -0.3 is 20.8 Å². The van der Waals surface area contributed by atoms with Gasteiger partial charge in [-0.3, -0.25) is 4.79 Å². The molecular weight excluding hydrogens is 316 g/mol. The molecule has 2 aromatic carbocycles. The van der Waals surface area contributed by atoms with Gasteiger partial charge in [0.05, 0.1) is 11.0 Å². The number of amides is 1. The van der Waals surface area contributed by atoms with Crippen molar-refractivity contribution in [2.45, 2.75) is 18.9 Å². The molecule has 0 spiro atoms. The second kappa shape index (κ2) is 6.57. The summed E-state index contributed by atoms with van der Waals surface area (Å²) >= 11 is 0. The number of carbonyl (C=O) groups excluding carboxylic acids is 1. The van der Waals surface area contributed by atoms with Gasteiger partial charge in [0.2, 0.25) is 5.91 Å². The van der Waals surface area contributed by atoms with Crippen LogP contribution in [0.25, 0.3) is 22.4 Å². The fraction of sp³-hybridized carbons (Fsp3) is 0.263. The monoisotopic (exact) mass is 336 g/mol. The highest BCUT2D eigenvalue weighted by Crippen LogP contribution is 2.24. The average molecular weight is 336 g/mol. The molecule has 2 heterocycles. The van der Waals surface area contributed by atoms with E-state index in [1.807, 2.05) is 30.3 Å². The van der Waals surface area contributed by atoms with Crippen molar-refractivity contribution < 1.29 is 9.53 Å². The number of H-pyrrole nitrogens is 1. The number of piperidine rings is 1. The zero-order chi connectivity index (χ0) is 17.2. The maximum atomic E-state index is 11.3. The smallest absolute Gasteiger partial charge is 0.248 e. The van der Waals surface area contributed by atoms with Crippen LogP contribution in [0.1, 0.15) is 23.2 Å². The lowest BCUT2D eigenvalue weighted by atomic mass is 10.1. The predicted molar refractivity (Wildman–Crippen MR) is 96.6 cm³/mol. The average Bonchev–Trinajstić information content (AvgIpc) is 3.06. The van der Waals surface area contributed by atoms with Gasteiger partial charge in [-0.25, -0.2) is 4.98 Å². The predicted octanol–water partition coefficient (Wildman–Crippen LogP) is 2.46. The molecule has 1 amide bonds. The number of nitrogens with two attached hydrogens (primary N) is 1. The van der Waals surface area contributed by atoms with Crippen molar-refractivity contribution in [3.8, 4) is 17.1 Å². The Morgan fingerprint density at radius 2 is 1.88 bits per heavy atom. The maximum absolute atomic E-state index is 11.3. The number of hydrogen-bond donors (Lipinski definition) is 3. The summed E-state index contributed by atoms with van der Waals surface area (Å²) < 4.78 is 6.03. The third-order valence-electron chi connectivity index (χ3n) is 4.48. The number of fused-ring (bicyclic) bond motifs is 1. The van der Waals surface area contributed by atoms with Crippen LogP contribution >= 0.6 is 0 Å². The highest BCUT2D eigenvalue weighted by atomic mass is 16.5. The van der Waals surface area contributed by atoms with Crippen LogP contribution in [0.4, 0.5) is 0 Å². The van der Waals surface area contributed by atoms with Gasteiger partial charge in [0.15, 0.2) is 0 Å². The van der Waals surface area contributed by atoms with Crippen LogP contribution in [-0.4, -0.2) is 35.1 Å². The summed E-state index contributed by atoms with van der Waals surface area (Å²) in [6.45, 7) is 2.02. The molecule has 1 aromatic heterocycles. The van der Waals surface area contributed by atoms with Crippen molar-refractivity contribution in [2.24, 2.45) is 5.73 Å². The van der Waals surface area contributed by atoms with Crippen molar-refractivity contribution in [2.75, 3.05) is 13.1 Å². The second-order valence-corrected chi connectivity index (χ2v) is 6.27. The van der Waals surface area contributed by atoms with Gasteiger partial charge in [0.25, 0.3) is 0 Å². The molecular formula is C19H20N4O2. The SMILES string of the molecule is NC(=O)c1ccc2[nH]c(-c3ccc(OC4CCNCC4)cc3)nc2c1. The first kappa shape index (κ1) is 15.7. The number of ether oxygens (including phenoxy) is 1. The lowest BCUT2D eigenvalue weighted by Crippen LogP contribution is -2.34. The van der Waals surface area contributed by atoms with Gasteiger partial charge in [-0.05, 0) is 68.4 Å². The van der Waals surface area contributed by atoms with E-state index >= 15 is 0 Å². The lowest BCUT2D eigenvalue weighted by Gasteiger charge is -2.23. The van der Waals surface area contributed by atoms with Gasteiger partial charge in [0, 0.05) is 11.1 Å². The Kier molecular flexibility index (Phi) is 4.11. The van der Waals surface area contributed by atoms with Crippen LogP contribution in [0.2, 0.25) is 0 Å². The Morgan fingerprint density at radius 3 is 2.60 bits per heavy atom. The summed E-state index contributed by atoms with van der Waals surface area (Å²) in [5.74, 6) is 1.18. The fourth-order valence-corrected chi connectivity index (χ4v) is 3.09. The van der Waals surface area contributed by atoms with Crippen LogP contribution in [0.5, 0.6) is 5.75 Å². The van der Waals surface area contributed by atoms with E-state index in [4.69, 9.17) is 10.5 Å². The molecule has 0 atom stereocenters. The minimum atomic E-state index is -0.453. The molecule has 0 radical (unpaired) electrons. The molecule has 6 nitrogen and oxygen atoms in total. The van der Waals surface area contributed by atoms with Crippen LogP contribution in [-0.2, 0) is 0 Å². The van der Waals surface area contributed by atoms with E-state index in [0.717, 1.165) is 54.1 Å². The first-order valence-corrected chi connectivity index (χ1v) is 8.46. The minimum Gasteiger partial charge on any atom is -0.490 e. The summed E-state index contributed by atoms with van der Waals surface area (Å²) in [5, 5.41) is 3.33. The topological polar surface area (TPSA) is 93.0 Å². The van der Waals surface area contributed by atoms with E-state index < -0.39 is 5.91 Å². The number of hydrogen-bond acceptors (Lipinski definition) is 4. The molecule has 0 unspecified atom stereocenters. The Labute approximate surface area is 145 Å². The standard InChI is InChI=1S/C19H20N4O2/c20-18(24)13-3-6-16-17(11-13)23-19(22-16)12-1-4-14(5-2-12)25-15-7-9-21-10-8-15/h1-6,11,15,21H,7-10H2,(H2,20,24)(H,22,23). The van der Waals surface area contributed by atoms with E-state index in [2.05, 4.69) is 15.3 Å². The molecule has 0 aliphatic carbocycles. The summed E-state index contributed by atoms with van der Waals surface area (Å²) in [6.07, 6.45) is 2.35. The molecule has 6 heteroatoms. The number of aromatic nitrogens is 2. The van der Waals surface area contributed by atoms with Crippen molar-refractivity contribution in [3.05, 3.63) is 48.0 Å². The number of nitrogens with one attached hydrogen (secondary N) is 2. The fourth-order valence-electron chi connectivity index (χ4n) is 3.09. The summed E-state index contributed by atoms with van der Waals surface area (Å²) in [4.78, 5) is 19.1. The van der Waals surface area contributed by atoms with E-state index in [-0.39, 0.29) is 6.10 Å². The summed E-state index contributed by atoms with van der Waals surface area (Å²) in [6, 6.07) is 13.1. The molecule has 1 aliphatic heterocycles. The number of aromatic amines is 1. The molecule has 4 rings (SSSR count). The number of primary amides is 1. The zero-order valence-corrected chi connectivity index (χ0v) is 13.8. The maximum Gasteiger partial charge on any atom is 0.248 e. The molecule has 0 saturated carbocycles. The van der Waals surface area contributed by atoms with Crippen LogP contribution in [0.15, 0.2) is 42.5 Å². The molecule has 4 N–H and O–H groups in total. The van der Waals surface area contributed by atoms with Crippen molar-refractivity contribution >= 4 is 16.9 Å². The second-order valence-electron chi connectivity index (χ2n) is 6.27. The van der Waals surface area contributed by atoms with Crippen molar-refractivity contribution in [1.29, 1.82) is 0 Å². The number of nitrogens with zero attached hydrogens (tertiary/aromatic N) is 1. The number of carbonyl (C=O) groups is 1. The highest BCUT2D eigenvalue weighted by Gasteiger charge is 2.14.